The summed E-state index contributed by atoms with van der Waals surface area (Å²) < 4.78 is 10.7. The molecule has 0 saturated carbocycles. The quantitative estimate of drug-likeness (QED) is 0.311. The zero-order valence-electron chi connectivity index (χ0n) is 16.4. The zero-order chi connectivity index (χ0) is 18.7. The van der Waals surface area contributed by atoms with Gasteiger partial charge in [0.2, 0.25) is 5.91 Å². The number of hydrogen-bond acceptors (Lipinski definition) is 5. The van der Waals surface area contributed by atoms with E-state index in [0.29, 0.717) is 12.5 Å². The first-order chi connectivity index (χ1) is 13.3. The van der Waals surface area contributed by atoms with Crippen LogP contribution in [0.1, 0.15) is 18.6 Å². The number of ether oxygens (including phenoxy) is 1. The van der Waals surface area contributed by atoms with Crippen LogP contribution < -0.4 is 10.6 Å². The highest BCUT2D eigenvalue weighted by Gasteiger charge is 2.17. The summed E-state index contributed by atoms with van der Waals surface area (Å²) in [5.74, 6) is 1.72. The van der Waals surface area contributed by atoms with Crippen molar-refractivity contribution in [2.45, 2.75) is 19.3 Å². The summed E-state index contributed by atoms with van der Waals surface area (Å²) in [6.07, 6.45) is 4.65. The van der Waals surface area contributed by atoms with Gasteiger partial charge in [0.25, 0.3) is 0 Å². The van der Waals surface area contributed by atoms with Crippen molar-refractivity contribution in [2.75, 3.05) is 65.6 Å². The molecule has 3 rings (SSSR count). The molecule has 2 N–H and O–H groups in total. The minimum atomic E-state index is 0. The lowest BCUT2D eigenvalue weighted by atomic mass is 10.3. The SMILES string of the molecule is I.O=C(CN=C(NCCc1ccco1)NCCN1CCOCC1)N1CCCC1. The van der Waals surface area contributed by atoms with Gasteiger partial charge in [0.05, 0.1) is 19.5 Å². The lowest BCUT2D eigenvalue weighted by Crippen LogP contribution is -2.45. The van der Waals surface area contributed by atoms with Crippen molar-refractivity contribution in [1.82, 2.24) is 20.4 Å². The van der Waals surface area contributed by atoms with Gasteiger partial charge in [0.15, 0.2) is 5.96 Å². The molecule has 2 aliphatic heterocycles. The number of furan rings is 1. The predicted molar refractivity (Wildman–Crippen MR) is 119 cm³/mol. The number of guanidine groups is 1. The fourth-order valence-electron chi connectivity index (χ4n) is 3.30. The van der Waals surface area contributed by atoms with Gasteiger partial charge in [-0.3, -0.25) is 9.69 Å². The molecule has 3 heterocycles. The van der Waals surface area contributed by atoms with Crippen LogP contribution in [0.4, 0.5) is 0 Å². The smallest absolute Gasteiger partial charge is 0.244 e. The van der Waals surface area contributed by atoms with Gasteiger partial charge in [-0.1, -0.05) is 0 Å². The van der Waals surface area contributed by atoms with Crippen LogP contribution in [0.5, 0.6) is 0 Å². The molecule has 9 heteroatoms. The van der Waals surface area contributed by atoms with Gasteiger partial charge in [-0.15, -0.1) is 24.0 Å². The number of nitrogens with zero attached hydrogens (tertiary/aromatic N) is 3. The minimum Gasteiger partial charge on any atom is -0.469 e. The molecule has 1 amide bonds. The average Bonchev–Trinajstić information content (AvgIpc) is 3.40. The van der Waals surface area contributed by atoms with Gasteiger partial charge >= 0.3 is 0 Å². The van der Waals surface area contributed by atoms with Crippen LogP contribution in [0.25, 0.3) is 0 Å². The summed E-state index contributed by atoms with van der Waals surface area (Å²) in [7, 11) is 0. The Labute approximate surface area is 184 Å². The van der Waals surface area contributed by atoms with E-state index >= 15 is 0 Å². The molecule has 158 valence electrons. The van der Waals surface area contributed by atoms with Crippen molar-refractivity contribution in [3.8, 4) is 0 Å². The Morgan fingerprint density at radius 1 is 1.11 bits per heavy atom. The third kappa shape index (κ3) is 7.96. The number of nitrogens with one attached hydrogen (secondary N) is 2. The second-order valence-electron chi connectivity index (χ2n) is 6.89. The van der Waals surface area contributed by atoms with Crippen LogP contribution in [-0.2, 0) is 16.0 Å². The number of aliphatic imine (C=N–C) groups is 1. The molecule has 2 aliphatic rings. The number of carbonyl (C=O) groups excluding carboxylic acids is 1. The standard InChI is InChI=1S/C19H31N5O3.HI/c25-18(24-8-1-2-9-24)16-22-19(20-6-5-17-4-3-13-27-17)21-7-10-23-11-14-26-15-12-23;/h3-4,13H,1-2,5-12,14-16H2,(H2,20,21,22);1H. The first-order valence-electron chi connectivity index (χ1n) is 9.94. The molecule has 0 radical (unpaired) electrons. The van der Waals surface area contributed by atoms with E-state index in [1.807, 2.05) is 17.0 Å². The molecule has 0 spiro atoms. The van der Waals surface area contributed by atoms with E-state index in [2.05, 4.69) is 20.5 Å². The second kappa shape index (κ2) is 13.0. The van der Waals surface area contributed by atoms with Crippen LogP contribution in [-0.4, -0.2) is 87.2 Å². The van der Waals surface area contributed by atoms with Crippen LogP contribution >= 0.6 is 24.0 Å². The largest absolute Gasteiger partial charge is 0.469 e. The van der Waals surface area contributed by atoms with Crippen molar-refractivity contribution in [1.29, 1.82) is 0 Å². The maximum absolute atomic E-state index is 12.3. The van der Waals surface area contributed by atoms with E-state index < -0.39 is 0 Å². The number of amides is 1. The van der Waals surface area contributed by atoms with E-state index in [1.54, 1.807) is 6.26 Å². The monoisotopic (exact) mass is 505 g/mol. The van der Waals surface area contributed by atoms with E-state index in [4.69, 9.17) is 9.15 Å². The van der Waals surface area contributed by atoms with Crippen LogP contribution in [0.3, 0.4) is 0 Å². The number of morpholine rings is 1. The molecule has 0 aromatic carbocycles. The first-order valence-corrected chi connectivity index (χ1v) is 9.94. The van der Waals surface area contributed by atoms with Crippen molar-refractivity contribution < 1.29 is 13.9 Å². The summed E-state index contributed by atoms with van der Waals surface area (Å²) in [4.78, 5) is 21.0. The summed E-state index contributed by atoms with van der Waals surface area (Å²) >= 11 is 0. The number of rotatable bonds is 8. The van der Waals surface area contributed by atoms with Gasteiger partial charge in [-0.05, 0) is 25.0 Å². The summed E-state index contributed by atoms with van der Waals surface area (Å²) in [5.41, 5.74) is 0. The Balaban J connectivity index is 0.00000280. The van der Waals surface area contributed by atoms with E-state index in [1.165, 1.54) is 0 Å². The molecule has 28 heavy (non-hydrogen) atoms. The first kappa shape index (κ1) is 23.0. The molecule has 0 aliphatic carbocycles. The number of carbonyl (C=O) groups is 1. The third-order valence-electron chi connectivity index (χ3n) is 4.90. The number of likely N-dealkylation sites (tertiary alicyclic amines) is 1. The highest BCUT2D eigenvalue weighted by atomic mass is 127. The summed E-state index contributed by atoms with van der Waals surface area (Å²) in [6.45, 7) is 7.86. The van der Waals surface area contributed by atoms with Crippen molar-refractivity contribution in [3.63, 3.8) is 0 Å². The molecule has 1 aromatic heterocycles. The second-order valence-corrected chi connectivity index (χ2v) is 6.89. The maximum Gasteiger partial charge on any atom is 0.244 e. The third-order valence-corrected chi connectivity index (χ3v) is 4.90. The molecule has 8 nitrogen and oxygen atoms in total. The fourth-order valence-corrected chi connectivity index (χ4v) is 3.30. The normalized spacial score (nSPS) is 18.0. The van der Waals surface area contributed by atoms with E-state index in [-0.39, 0.29) is 36.4 Å². The Bertz CT molecular complexity index is 584. The predicted octanol–water partition coefficient (Wildman–Crippen LogP) is 0.930. The molecule has 2 fully saturated rings. The topological polar surface area (TPSA) is 82.3 Å². The van der Waals surface area contributed by atoms with Crippen LogP contribution in [0.15, 0.2) is 27.8 Å². The van der Waals surface area contributed by atoms with Gasteiger partial charge in [0.1, 0.15) is 12.3 Å². The van der Waals surface area contributed by atoms with Gasteiger partial charge in [-0.25, -0.2) is 4.99 Å². The van der Waals surface area contributed by atoms with Crippen molar-refractivity contribution in [3.05, 3.63) is 24.2 Å². The molecule has 0 unspecified atom stereocenters. The molecular formula is C19H32IN5O3. The fraction of sp³-hybridized carbons (Fsp3) is 0.684. The van der Waals surface area contributed by atoms with Crippen molar-refractivity contribution >= 4 is 35.8 Å². The van der Waals surface area contributed by atoms with Crippen LogP contribution in [0.2, 0.25) is 0 Å². The zero-order valence-corrected chi connectivity index (χ0v) is 18.7. The highest BCUT2D eigenvalue weighted by molar-refractivity contribution is 14.0. The molecule has 1 aromatic rings. The minimum absolute atomic E-state index is 0. The molecule has 2 saturated heterocycles. The Morgan fingerprint density at radius 3 is 2.57 bits per heavy atom. The van der Waals surface area contributed by atoms with Crippen molar-refractivity contribution in [2.24, 2.45) is 4.99 Å². The molecule has 0 atom stereocenters. The molecular weight excluding hydrogens is 473 g/mol. The maximum atomic E-state index is 12.3. The Kier molecular flexibility index (Phi) is 10.7. The Morgan fingerprint density at radius 2 is 1.86 bits per heavy atom. The van der Waals surface area contributed by atoms with Gasteiger partial charge in [-0.2, -0.15) is 0 Å². The van der Waals surface area contributed by atoms with Gasteiger partial charge < -0.3 is 24.7 Å². The molecule has 0 bridgehead atoms. The highest BCUT2D eigenvalue weighted by Crippen LogP contribution is 2.07. The average molecular weight is 505 g/mol. The summed E-state index contributed by atoms with van der Waals surface area (Å²) in [5, 5.41) is 6.65. The van der Waals surface area contributed by atoms with Crippen LogP contribution in [0, 0.1) is 0 Å². The van der Waals surface area contributed by atoms with Gasteiger partial charge in [0, 0.05) is 52.2 Å². The Hall–Kier alpha value is -1.33. The number of hydrogen-bond donors (Lipinski definition) is 2. The van der Waals surface area contributed by atoms with E-state index in [9.17, 15) is 4.79 Å². The lowest BCUT2D eigenvalue weighted by molar-refractivity contribution is -0.128. The van der Waals surface area contributed by atoms with E-state index in [0.717, 1.165) is 77.5 Å². The lowest BCUT2D eigenvalue weighted by Gasteiger charge is -2.26. The number of halogens is 1. The summed E-state index contributed by atoms with van der Waals surface area (Å²) in [6, 6.07) is 3.85.